The number of anilines is 1. The second-order valence-corrected chi connectivity index (χ2v) is 2.53. The van der Waals surface area contributed by atoms with Crippen molar-refractivity contribution in [2.45, 2.75) is 6.18 Å². The smallest absolute Gasteiger partial charge is 0.382 e. The van der Waals surface area contributed by atoms with Gasteiger partial charge in [0.05, 0.1) is 6.33 Å². The van der Waals surface area contributed by atoms with Gasteiger partial charge in [-0.25, -0.2) is 15.0 Å². The zero-order valence-corrected chi connectivity index (χ0v) is 6.63. The van der Waals surface area contributed by atoms with E-state index in [-0.39, 0.29) is 17.0 Å². The van der Waals surface area contributed by atoms with E-state index in [0.717, 1.165) is 0 Å². The molecule has 0 fully saturated rings. The molecular formula is C6H4F3N5. The Balaban J connectivity index is 2.70. The molecule has 0 amide bonds. The van der Waals surface area contributed by atoms with Crippen molar-refractivity contribution in [2.75, 3.05) is 5.73 Å². The molecule has 14 heavy (non-hydrogen) atoms. The lowest BCUT2D eigenvalue weighted by atomic mass is 10.4. The molecule has 0 aliphatic heterocycles. The van der Waals surface area contributed by atoms with Crippen LogP contribution in [-0.2, 0) is 6.18 Å². The first-order chi connectivity index (χ1) is 6.48. The maximum atomic E-state index is 12.2. The van der Waals surface area contributed by atoms with Crippen LogP contribution in [0.2, 0.25) is 0 Å². The van der Waals surface area contributed by atoms with Crippen LogP contribution in [0.1, 0.15) is 5.82 Å². The summed E-state index contributed by atoms with van der Waals surface area (Å²) in [4.78, 5) is 12.4. The number of aromatic amines is 1. The van der Waals surface area contributed by atoms with Gasteiger partial charge in [0.1, 0.15) is 5.52 Å². The van der Waals surface area contributed by atoms with Crippen LogP contribution in [0.15, 0.2) is 6.33 Å². The largest absolute Gasteiger partial charge is 0.451 e. The van der Waals surface area contributed by atoms with Crippen molar-refractivity contribution in [3.63, 3.8) is 0 Å². The van der Waals surface area contributed by atoms with Crippen LogP contribution in [0.25, 0.3) is 11.2 Å². The quantitative estimate of drug-likeness (QED) is 0.668. The molecule has 8 heteroatoms. The number of rotatable bonds is 0. The maximum Gasteiger partial charge on any atom is 0.451 e. The van der Waals surface area contributed by atoms with Gasteiger partial charge in [-0.2, -0.15) is 13.2 Å². The molecule has 2 aromatic heterocycles. The molecule has 0 aliphatic rings. The van der Waals surface area contributed by atoms with E-state index in [1.54, 1.807) is 0 Å². The molecule has 0 aromatic carbocycles. The Morgan fingerprint density at radius 3 is 2.64 bits per heavy atom. The van der Waals surface area contributed by atoms with Crippen LogP contribution in [-0.4, -0.2) is 19.9 Å². The van der Waals surface area contributed by atoms with Crippen molar-refractivity contribution in [2.24, 2.45) is 0 Å². The number of nitrogen functional groups attached to an aromatic ring is 1. The highest BCUT2D eigenvalue weighted by Gasteiger charge is 2.35. The number of aromatic nitrogens is 4. The monoisotopic (exact) mass is 203 g/mol. The molecule has 0 bridgehead atoms. The number of halogens is 3. The van der Waals surface area contributed by atoms with Gasteiger partial charge in [0, 0.05) is 0 Å². The molecule has 0 aliphatic carbocycles. The number of nitrogens with one attached hydrogen (secondary N) is 1. The van der Waals surface area contributed by atoms with E-state index in [1.165, 1.54) is 6.33 Å². The predicted molar refractivity (Wildman–Crippen MR) is 41.1 cm³/mol. The highest BCUT2D eigenvalue weighted by Crippen LogP contribution is 2.28. The number of nitrogens with zero attached hydrogens (tertiary/aromatic N) is 3. The number of hydrogen-bond donors (Lipinski definition) is 2. The number of nitrogens with two attached hydrogens (primary N) is 1. The van der Waals surface area contributed by atoms with Gasteiger partial charge in [-0.05, 0) is 0 Å². The second-order valence-electron chi connectivity index (χ2n) is 2.53. The van der Waals surface area contributed by atoms with Crippen LogP contribution in [0.5, 0.6) is 0 Å². The summed E-state index contributed by atoms with van der Waals surface area (Å²) in [5.41, 5.74) is 5.39. The lowest BCUT2D eigenvalue weighted by Gasteiger charge is -2.04. The standard InChI is InChI=1S/C6H4F3N5/c7-6(8,9)5-13-3(10)2-4(14-5)12-1-11-2/h1H,(H3,10,11,12,13,14). The van der Waals surface area contributed by atoms with E-state index in [1.807, 2.05) is 0 Å². The molecule has 3 N–H and O–H groups in total. The van der Waals surface area contributed by atoms with Crippen LogP contribution >= 0.6 is 0 Å². The van der Waals surface area contributed by atoms with E-state index >= 15 is 0 Å². The summed E-state index contributed by atoms with van der Waals surface area (Å²) in [6.45, 7) is 0. The van der Waals surface area contributed by atoms with Crippen molar-refractivity contribution >= 4 is 17.0 Å². The lowest BCUT2D eigenvalue weighted by molar-refractivity contribution is -0.144. The minimum absolute atomic E-state index is 0.0928. The van der Waals surface area contributed by atoms with Crippen LogP contribution < -0.4 is 5.73 Å². The number of H-pyrrole nitrogens is 1. The number of fused-ring (bicyclic) bond motifs is 1. The summed E-state index contributed by atoms with van der Waals surface area (Å²) in [7, 11) is 0. The summed E-state index contributed by atoms with van der Waals surface area (Å²) < 4.78 is 36.6. The van der Waals surface area contributed by atoms with Crippen LogP contribution in [0.4, 0.5) is 19.0 Å². The van der Waals surface area contributed by atoms with Crippen molar-refractivity contribution in [3.05, 3.63) is 12.2 Å². The van der Waals surface area contributed by atoms with Gasteiger partial charge >= 0.3 is 6.18 Å². The topological polar surface area (TPSA) is 80.5 Å². The normalized spacial score (nSPS) is 12.2. The predicted octanol–water partition coefficient (Wildman–Crippen LogP) is 0.954. The van der Waals surface area contributed by atoms with E-state index in [9.17, 15) is 13.2 Å². The minimum Gasteiger partial charge on any atom is -0.382 e. The molecule has 2 heterocycles. The number of alkyl halides is 3. The molecule has 0 unspecified atom stereocenters. The van der Waals surface area contributed by atoms with Gasteiger partial charge < -0.3 is 10.7 Å². The van der Waals surface area contributed by atoms with Crippen molar-refractivity contribution in [1.29, 1.82) is 0 Å². The van der Waals surface area contributed by atoms with Crippen LogP contribution in [0.3, 0.4) is 0 Å². The van der Waals surface area contributed by atoms with E-state index in [4.69, 9.17) is 5.73 Å². The Morgan fingerprint density at radius 1 is 1.29 bits per heavy atom. The van der Waals surface area contributed by atoms with Gasteiger partial charge in [0.25, 0.3) is 0 Å². The first-order valence-corrected chi connectivity index (χ1v) is 3.52. The third-order valence-electron chi connectivity index (χ3n) is 1.57. The Hall–Kier alpha value is -1.86. The summed E-state index contributed by atoms with van der Waals surface area (Å²) in [6, 6.07) is 0. The molecule has 0 saturated heterocycles. The molecular weight excluding hydrogens is 199 g/mol. The molecule has 0 saturated carbocycles. The SMILES string of the molecule is Nc1nc(C(F)(F)F)nc2nc[nH]c12. The maximum absolute atomic E-state index is 12.2. The van der Waals surface area contributed by atoms with Gasteiger partial charge in [0.15, 0.2) is 11.5 Å². The van der Waals surface area contributed by atoms with Gasteiger partial charge in [0.2, 0.25) is 5.82 Å². The van der Waals surface area contributed by atoms with Crippen LogP contribution in [0, 0.1) is 0 Å². The zero-order valence-electron chi connectivity index (χ0n) is 6.63. The van der Waals surface area contributed by atoms with Gasteiger partial charge in [-0.3, -0.25) is 0 Å². The third-order valence-corrected chi connectivity index (χ3v) is 1.57. The second kappa shape index (κ2) is 2.56. The fourth-order valence-corrected chi connectivity index (χ4v) is 0.982. The van der Waals surface area contributed by atoms with Crippen molar-refractivity contribution in [3.8, 4) is 0 Å². The van der Waals surface area contributed by atoms with E-state index in [2.05, 4.69) is 19.9 Å². The summed E-state index contributed by atoms with van der Waals surface area (Å²) >= 11 is 0. The Kier molecular flexibility index (Phi) is 1.60. The first-order valence-electron chi connectivity index (χ1n) is 3.52. The average molecular weight is 203 g/mol. The molecule has 0 radical (unpaired) electrons. The van der Waals surface area contributed by atoms with Gasteiger partial charge in [-0.1, -0.05) is 0 Å². The van der Waals surface area contributed by atoms with Crippen molar-refractivity contribution in [1.82, 2.24) is 19.9 Å². The summed E-state index contributed by atoms with van der Waals surface area (Å²) in [5, 5.41) is 0. The average Bonchev–Trinajstić information content (AvgIpc) is 2.50. The minimum atomic E-state index is -4.61. The molecule has 5 nitrogen and oxygen atoms in total. The zero-order chi connectivity index (χ0) is 10.3. The summed E-state index contributed by atoms with van der Waals surface area (Å²) in [5.74, 6) is -1.55. The molecule has 0 atom stereocenters. The molecule has 2 aromatic rings. The van der Waals surface area contributed by atoms with Crippen molar-refractivity contribution < 1.29 is 13.2 Å². The first kappa shape index (κ1) is 8.73. The third kappa shape index (κ3) is 1.24. The van der Waals surface area contributed by atoms with E-state index < -0.39 is 12.0 Å². The fourth-order valence-electron chi connectivity index (χ4n) is 0.982. The fraction of sp³-hybridized carbons (Fsp3) is 0.167. The number of hydrogen-bond acceptors (Lipinski definition) is 4. The molecule has 0 spiro atoms. The Labute approximate surface area is 75.2 Å². The highest BCUT2D eigenvalue weighted by molar-refractivity contribution is 5.80. The Morgan fingerprint density at radius 2 is 2.00 bits per heavy atom. The highest BCUT2D eigenvalue weighted by atomic mass is 19.4. The van der Waals surface area contributed by atoms with Gasteiger partial charge in [-0.15, -0.1) is 0 Å². The van der Waals surface area contributed by atoms with E-state index in [0.29, 0.717) is 0 Å². The molecule has 2 rings (SSSR count). The molecule has 74 valence electrons. The number of imidazole rings is 1. The summed E-state index contributed by atoms with van der Waals surface area (Å²) in [6.07, 6.45) is -3.41. The lowest BCUT2D eigenvalue weighted by Crippen LogP contribution is -2.12. The Bertz CT molecular complexity index is 474.